The summed E-state index contributed by atoms with van der Waals surface area (Å²) in [6, 6.07) is 4.96. The van der Waals surface area contributed by atoms with Gasteiger partial charge in [-0.1, -0.05) is 13.8 Å². The molecule has 0 spiro atoms. The minimum Gasteiger partial charge on any atom is -0.508 e. The molecule has 1 aromatic carbocycles. The molecule has 1 unspecified atom stereocenters. The molecule has 0 bridgehead atoms. The summed E-state index contributed by atoms with van der Waals surface area (Å²) in [5.74, 6) is 0.432. The number of pyridine rings is 1. The Morgan fingerprint density at radius 3 is 2.67 bits per heavy atom. The summed E-state index contributed by atoms with van der Waals surface area (Å²) < 4.78 is 5.34. The van der Waals surface area contributed by atoms with Gasteiger partial charge in [0.1, 0.15) is 11.4 Å². The van der Waals surface area contributed by atoms with E-state index in [2.05, 4.69) is 22.5 Å². The molecule has 0 radical (unpaired) electrons. The van der Waals surface area contributed by atoms with Gasteiger partial charge in [-0.3, -0.25) is 9.78 Å². The van der Waals surface area contributed by atoms with Gasteiger partial charge in [-0.25, -0.2) is 4.79 Å². The second-order valence-electron chi connectivity index (χ2n) is 8.72. The van der Waals surface area contributed by atoms with E-state index in [1.54, 1.807) is 18.2 Å². The van der Waals surface area contributed by atoms with Crippen molar-refractivity contribution in [2.75, 3.05) is 11.9 Å². The summed E-state index contributed by atoms with van der Waals surface area (Å²) >= 11 is 0. The molecule has 0 saturated heterocycles. The van der Waals surface area contributed by atoms with Crippen LogP contribution >= 0.6 is 0 Å². The normalized spacial score (nSPS) is 13.5. The Morgan fingerprint density at radius 1 is 1.30 bits per heavy atom. The number of nitrogens with zero attached hydrogens (tertiary/aromatic N) is 1. The second-order valence-corrected chi connectivity index (χ2v) is 8.72. The largest absolute Gasteiger partial charge is 0.508 e. The zero-order valence-electron chi connectivity index (χ0n) is 18.5. The summed E-state index contributed by atoms with van der Waals surface area (Å²) in [4.78, 5) is 27.7. The van der Waals surface area contributed by atoms with Crippen molar-refractivity contribution in [1.82, 2.24) is 10.3 Å². The molecule has 0 aliphatic carbocycles. The van der Waals surface area contributed by atoms with Crippen LogP contribution in [0.4, 0.5) is 10.5 Å². The zero-order chi connectivity index (χ0) is 22.3. The fourth-order valence-corrected chi connectivity index (χ4v) is 3.20. The minimum absolute atomic E-state index is 0.0477. The molecule has 0 fully saturated rings. The van der Waals surface area contributed by atoms with Crippen molar-refractivity contribution in [1.29, 1.82) is 0 Å². The molecule has 2 rings (SSSR count). The Hall–Kier alpha value is -2.83. The lowest BCUT2D eigenvalue weighted by atomic mass is 9.99. The number of fused-ring (bicyclic) bond motifs is 1. The number of aldehydes is 1. The number of nitrogens with one attached hydrogen (secondary N) is 2. The van der Waals surface area contributed by atoms with Gasteiger partial charge in [-0.15, -0.1) is 0 Å². The molecule has 2 aromatic rings. The Labute approximate surface area is 178 Å². The Balaban J connectivity index is 1.96. The molecule has 1 aromatic heterocycles. The predicted octanol–water partition coefficient (Wildman–Crippen LogP) is 4.88. The van der Waals surface area contributed by atoms with Crippen LogP contribution in [0, 0.1) is 5.92 Å². The van der Waals surface area contributed by atoms with Crippen molar-refractivity contribution in [3.63, 3.8) is 0 Å². The summed E-state index contributed by atoms with van der Waals surface area (Å²) in [5, 5.41) is 16.8. The van der Waals surface area contributed by atoms with E-state index in [4.69, 9.17) is 4.74 Å². The standard InChI is InChI=1S/C23H33N3O4/c1-6-17(26-22(29)30-23(3,4)5)8-7-15(2)12-25-21-16(14-27)13-24-20-10-9-18(28)11-19(20)21/h9-11,13-15,17,28H,6-8,12H2,1-5H3,(H,24,25)(H,26,29)/t15?,17-/m1/s1. The van der Waals surface area contributed by atoms with Crippen LogP contribution in [0.15, 0.2) is 24.4 Å². The van der Waals surface area contributed by atoms with Crippen molar-refractivity contribution < 1.29 is 19.4 Å². The van der Waals surface area contributed by atoms with Gasteiger partial charge in [-0.2, -0.15) is 0 Å². The summed E-state index contributed by atoms with van der Waals surface area (Å²) in [6.45, 7) is 10.3. The smallest absolute Gasteiger partial charge is 0.407 e. The van der Waals surface area contributed by atoms with E-state index >= 15 is 0 Å². The second kappa shape index (κ2) is 10.3. The number of aromatic hydroxyl groups is 1. The predicted molar refractivity (Wildman–Crippen MR) is 119 cm³/mol. The number of phenols is 1. The van der Waals surface area contributed by atoms with Gasteiger partial charge in [0.2, 0.25) is 0 Å². The fourth-order valence-electron chi connectivity index (χ4n) is 3.20. The van der Waals surface area contributed by atoms with Crippen LogP contribution in [0.3, 0.4) is 0 Å². The molecule has 2 atom stereocenters. The number of hydrogen-bond acceptors (Lipinski definition) is 6. The number of rotatable bonds is 9. The molecule has 7 heteroatoms. The maximum Gasteiger partial charge on any atom is 0.407 e. The first-order valence-electron chi connectivity index (χ1n) is 10.4. The number of carbonyl (C=O) groups excluding carboxylic acids is 2. The highest BCUT2D eigenvalue weighted by Crippen LogP contribution is 2.28. The SMILES string of the molecule is CC[C@H](CCC(C)CNc1c(C=O)cnc2ccc(O)cc12)NC(=O)OC(C)(C)C. The molecular formula is C23H33N3O4. The van der Waals surface area contributed by atoms with Crippen molar-refractivity contribution in [2.45, 2.75) is 65.5 Å². The van der Waals surface area contributed by atoms with E-state index in [0.29, 0.717) is 34.6 Å². The third-order valence-corrected chi connectivity index (χ3v) is 4.86. The first-order chi connectivity index (χ1) is 14.1. The van der Waals surface area contributed by atoms with Crippen LogP contribution in [-0.4, -0.2) is 40.7 Å². The molecule has 164 valence electrons. The van der Waals surface area contributed by atoms with Gasteiger partial charge in [0.15, 0.2) is 6.29 Å². The molecule has 1 heterocycles. The lowest BCUT2D eigenvalue weighted by Gasteiger charge is -2.24. The van der Waals surface area contributed by atoms with Crippen molar-refractivity contribution in [3.05, 3.63) is 30.0 Å². The summed E-state index contributed by atoms with van der Waals surface area (Å²) in [6.07, 6.45) is 4.46. The summed E-state index contributed by atoms with van der Waals surface area (Å²) in [7, 11) is 0. The number of benzene rings is 1. The fraction of sp³-hybridized carbons (Fsp3) is 0.522. The van der Waals surface area contributed by atoms with Gasteiger partial charge in [0.25, 0.3) is 0 Å². The quantitative estimate of drug-likeness (QED) is 0.505. The third kappa shape index (κ3) is 6.90. The maximum absolute atomic E-state index is 12.0. The van der Waals surface area contributed by atoms with Crippen molar-refractivity contribution in [2.24, 2.45) is 5.92 Å². The number of aromatic nitrogens is 1. The van der Waals surface area contributed by atoms with Crippen LogP contribution in [0.1, 0.15) is 64.2 Å². The van der Waals surface area contributed by atoms with E-state index in [1.807, 2.05) is 27.7 Å². The first kappa shape index (κ1) is 23.4. The van der Waals surface area contributed by atoms with Gasteiger partial charge < -0.3 is 20.5 Å². The topological polar surface area (TPSA) is 101 Å². The molecule has 1 amide bonds. The van der Waals surface area contributed by atoms with E-state index in [9.17, 15) is 14.7 Å². The zero-order valence-corrected chi connectivity index (χ0v) is 18.5. The van der Waals surface area contributed by atoms with Crippen LogP contribution in [0.25, 0.3) is 10.9 Å². The van der Waals surface area contributed by atoms with Gasteiger partial charge in [0, 0.05) is 24.2 Å². The minimum atomic E-state index is -0.516. The number of anilines is 1. The van der Waals surface area contributed by atoms with E-state index in [-0.39, 0.29) is 17.9 Å². The molecular weight excluding hydrogens is 382 g/mol. The van der Waals surface area contributed by atoms with E-state index < -0.39 is 5.60 Å². The highest BCUT2D eigenvalue weighted by Gasteiger charge is 2.19. The number of amides is 1. The molecule has 7 nitrogen and oxygen atoms in total. The van der Waals surface area contributed by atoms with Crippen LogP contribution in [0.5, 0.6) is 5.75 Å². The Morgan fingerprint density at radius 2 is 2.03 bits per heavy atom. The van der Waals surface area contributed by atoms with E-state index in [0.717, 1.165) is 25.5 Å². The monoisotopic (exact) mass is 415 g/mol. The maximum atomic E-state index is 12.0. The third-order valence-electron chi connectivity index (χ3n) is 4.86. The highest BCUT2D eigenvalue weighted by atomic mass is 16.6. The van der Waals surface area contributed by atoms with Crippen LogP contribution in [0.2, 0.25) is 0 Å². The van der Waals surface area contributed by atoms with Gasteiger partial charge in [0.05, 0.1) is 16.8 Å². The number of carbonyl (C=O) groups is 2. The lowest BCUT2D eigenvalue weighted by Crippen LogP contribution is -2.39. The summed E-state index contributed by atoms with van der Waals surface area (Å²) in [5.41, 5.74) is 1.33. The highest BCUT2D eigenvalue weighted by molar-refractivity contribution is 6.00. The molecule has 3 N–H and O–H groups in total. The number of alkyl carbamates (subject to hydrolysis) is 1. The molecule has 0 aliphatic heterocycles. The van der Waals surface area contributed by atoms with Crippen molar-refractivity contribution in [3.8, 4) is 5.75 Å². The number of hydrogen-bond donors (Lipinski definition) is 3. The van der Waals surface area contributed by atoms with Gasteiger partial charge >= 0.3 is 6.09 Å². The average molecular weight is 416 g/mol. The molecule has 0 saturated carbocycles. The Kier molecular flexibility index (Phi) is 8.03. The van der Waals surface area contributed by atoms with E-state index in [1.165, 1.54) is 6.20 Å². The van der Waals surface area contributed by atoms with Crippen LogP contribution in [-0.2, 0) is 4.74 Å². The lowest BCUT2D eigenvalue weighted by molar-refractivity contribution is 0.0498. The number of phenolic OH excluding ortho intramolecular Hbond substituents is 1. The average Bonchev–Trinajstić information content (AvgIpc) is 2.67. The Bertz CT molecular complexity index is 877. The van der Waals surface area contributed by atoms with Gasteiger partial charge in [-0.05, 0) is 64.2 Å². The first-order valence-corrected chi connectivity index (χ1v) is 10.4. The van der Waals surface area contributed by atoms with Crippen molar-refractivity contribution >= 4 is 29.0 Å². The number of ether oxygens (including phenoxy) is 1. The van der Waals surface area contributed by atoms with Crippen LogP contribution < -0.4 is 10.6 Å². The molecule has 30 heavy (non-hydrogen) atoms. The molecule has 0 aliphatic rings.